The molecule has 0 aliphatic heterocycles. The van der Waals surface area contributed by atoms with Crippen LogP contribution in [-0.2, 0) is 6.54 Å². The molecule has 0 atom stereocenters. The number of hydrogen-bond acceptors (Lipinski definition) is 3. The average molecular weight is 242 g/mol. The van der Waals surface area contributed by atoms with Gasteiger partial charge in [0.25, 0.3) is 0 Å². The van der Waals surface area contributed by atoms with Gasteiger partial charge in [-0.15, -0.1) is 0 Å². The highest BCUT2D eigenvalue weighted by molar-refractivity contribution is 5.78. The monoisotopic (exact) mass is 242 g/mol. The molecule has 2 N–H and O–H groups in total. The minimum absolute atomic E-state index is 0.446. The zero-order chi connectivity index (χ0) is 12.4. The van der Waals surface area contributed by atoms with Gasteiger partial charge >= 0.3 is 0 Å². The van der Waals surface area contributed by atoms with Gasteiger partial charge in [-0.2, -0.15) is 0 Å². The first-order valence-electron chi connectivity index (χ1n) is 6.52. The van der Waals surface area contributed by atoms with Gasteiger partial charge in [0.05, 0.1) is 11.1 Å². The normalized spacial score (nSPS) is 17.6. The summed E-state index contributed by atoms with van der Waals surface area (Å²) in [6, 6.07) is 10.3. The fourth-order valence-electron chi connectivity index (χ4n) is 2.44. The Morgan fingerprint density at radius 2 is 2.17 bits per heavy atom. The van der Waals surface area contributed by atoms with Crippen LogP contribution in [0.15, 0.2) is 36.5 Å². The molecule has 18 heavy (non-hydrogen) atoms. The molecule has 0 unspecified atom stereocenters. The van der Waals surface area contributed by atoms with Gasteiger partial charge in [-0.1, -0.05) is 12.1 Å². The molecule has 0 saturated heterocycles. The number of pyridine rings is 1. The first-order valence-corrected chi connectivity index (χ1v) is 6.52. The fraction of sp³-hybridized carbons (Fsp3) is 0.400. The fourth-order valence-corrected chi connectivity index (χ4v) is 2.44. The van der Waals surface area contributed by atoms with Crippen LogP contribution in [0.25, 0.3) is 10.9 Å². The Hall–Kier alpha value is -1.45. The van der Waals surface area contributed by atoms with Crippen molar-refractivity contribution in [2.75, 3.05) is 6.54 Å². The van der Waals surface area contributed by atoms with Crippen LogP contribution in [0.4, 0.5) is 0 Å². The summed E-state index contributed by atoms with van der Waals surface area (Å²) >= 11 is 0. The van der Waals surface area contributed by atoms with Gasteiger partial charge in [0, 0.05) is 24.7 Å². The Morgan fingerprint density at radius 1 is 1.28 bits per heavy atom. The van der Waals surface area contributed by atoms with E-state index in [2.05, 4.69) is 28.5 Å². The zero-order valence-corrected chi connectivity index (χ0v) is 10.4. The van der Waals surface area contributed by atoms with Crippen LogP contribution in [0.1, 0.15) is 24.8 Å². The molecular weight excluding hydrogens is 224 g/mol. The standard InChI is InChI=1S/C15H18N2O/c18-15(6-2-7-15)11-16-10-12-4-5-14-13(9-12)3-1-8-17-14/h1,3-5,8-9,16,18H,2,6-7,10-11H2. The van der Waals surface area contributed by atoms with Gasteiger partial charge in [0.1, 0.15) is 0 Å². The van der Waals surface area contributed by atoms with Crippen molar-refractivity contribution in [3.05, 3.63) is 42.1 Å². The van der Waals surface area contributed by atoms with E-state index in [1.54, 1.807) is 0 Å². The quantitative estimate of drug-likeness (QED) is 0.864. The van der Waals surface area contributed by atoms with E-state index in [1.165, 1.54) is 10.9 Å². The molecule has 3 nitrogen and oxygen atoms in total. The second kappa shape index (κ2) is 4.67. The van der Waals surface area contributed by atoms with E-state index in [1.807, 2.05) is 18.3 Å². The molecule has 0 bridgehead atoms. The molecule has 1 fully saturated rings. The molecule has 1 heterocycles. The van der Waals surface area contributed by atoms with Crippen LogP contribution in [0.3, 0.4) is 0 Å². The van der Waals surface area contributed by atoms with Crippen molar-refractivity contribution >= 4 is 10.9 Å². The summed E-state index contributed by atoms with van der Waals surface area (Å²) in [6.07, 6.45) is 4.83. The van der Waals surface area contributed by atoms with Crippen molar-refractivity contribution in [2.45, 2.75) is 31.4 Å². The number of benzene rings is 1. The van der Waals surface area contributed by atoms with E-state index in [-0.39, 0.29) is 0 Å². The van der Waals surface area contributed by atoms with Crippen LogP contribution in [0, 0.1) is 0 Å². The molecule has 94 valence electrons. The number of hydrogen-bond donors (Lipinski definition) is 2. The lowest BCUT2D eigenvalue weighted by atomic mass is 9.80. The summed E-state index contributed by atoms with van der Waals surface area (Å²) in [4.78, 5) is 4.30. The van der Waals surface area contributed by atoms with Crippen molar-refractivity contribution < 1.29 is 5.11 Å². The number of nitrogens with zero attached hydrogens (tertiary/aromatic N) is 1. The number of aliphatic hydroxyl groups is 1. The minimum atomic E-state index is -0.446. The Kier molecular flexibility index (Phi) is 3.02. The number of aromatic nitrogens is 1. The lowest BCUT2D eigenvalue weighted by Crippen LogP contribution is -2.45. The lowest BCUT2D eigenvalue weighted by molar-refractivity contribution is -0.0314. The topological polar surface area (TPSA) is 45.1 Å². The van der Waals surface area contributed by atoms with E-state index in [0.717, 1.165) is 31.3 Å². The summed E-state index contributed by atoms with van der Waals surface area (Å²) in [5, 5.41) is 14.5. The molecule has 0 radical (unpaired) electrons. The summed E-state index contributed by atoms with van der Waals surface area (Å²) in [6.45, 7) is 1.49. The van der Waals surface area contributed by atoms with Gasteiger partial charge in [-0.3, -0.25) is 4.98 Å². The molecule has 1 aromatic heterocycles. The van der Waals surface area contributed by atoms with Gasteiger partial charge in [0.2, 0.25) is 0 Å². The van der Waals surface area contributed by atoms with Crippen molar-refractivity contribution in [1.82, 2.24) is 10.3 Å². The van der Waals surface area contributed by atoms with E-state index in [0.29, 0.717) is 6.54 Å². The van der Waals surface area contributed by atoms with Crippen LogP contribution in [0.2, 0.25) is 0 Å². The summed E-state index contributed by atoms with van der Waals surface area (Å²) in [5.74, 6) is 0. The van der Waals surface area contributed by atoms with Gasteiger partial charge in [-0.25, -0.2) is 0 Å². The molecule has 3 rings (SSSR count). The molecule has 3 heteroatoms. The molecule has 1 aliphatic rings. The third-order valence-electron chi connectivity index (χ3n) is 3.73. The Balaban J connectivity index is 1.64. The second-order valence-electron chi connectivity index (χ2n) is 5.21. The van der Waals surface area contributed by atoms with Crippen LogP contribution in [0.5, 0.6) is 0 Å². The Bertz CT molecular complexity index is 549. The van der Waals surface area contributed by atoms with E-state index in [9.17, 15) is 5.11 Å². The first kappa shape index (κ1) is 11.6. The zero-order valence-electron chi connectivity index (χ0n) is 10.4. The molecular formula is C15H18N2O. The van der Waals surface area contributed by atoms with Gasteiger partial charge < -0.3 is 10.4 Å². The summed E-state index contributed by atoms with van der Waals surface area (Å²) < 4.78 is 0. The van der Waals surface area contributed by atoms with Crippen molar-refractivity contribution in [3.8, 4) is 0 Å². The molecule has 0 amide bonds. The number of nitrogens with one attached hydrogen (secondary N) is 1. The highest BCUT2D eigenvalue weighted by atomic mass is 16.3. The van der Waals surface area contributed by atoms with Crippen molar-refractivity contribution in [3.63, 3.8) is 0 Å². The smallest absolute Gasteiger partial charge is 0.0771 e. The highest BCUT2D eigenvalue weighted by Gasteiger charge is 2.33. The third kappa shape index (κ3) is 2.37. The van der Waals surface area contributed by atoms with Gasteiger partial charge in [0.15, 0.2) is 0 Å². The maximum Gasteiger partial charge on any atom is 0.0771 e. The molecule has 1 saturated carbocycles. The highest BCUT2D eigenvalue weighted by Crippen LogP contribution is 2.30. The lowest BCUT2D eigenvalue weighted by Gasteiger charge is -2.36. The largest absolute Gasteiger partial charge is 0.389 e. The van der Waals surface area contributed by atoms with E-state index in [4.69, 9.17) is 0 Å². The molecule has 2 aromatic rings. The van der Waals surface area contributed by atoms with E-state index < -0.39 is 5.60 Å². The number of fused-ring (bicyclic) bond motifs is 1. The van der Waals surface area contributed by atoms with Crippen molar-refractivity contribution in [2.24, 2.45) is 0 Å². The first-order chi connectivity index (χ1) is 8.75. The maximum absolute atomic E-state index is 9.99. The Morgan fingerprint density at radius 3 is 2.94 bits per heavy atom. The second-order valence-corrected chi connectivity index (χ2v) is 5.21. The van der Waals surface area contributed by atoms with Crippen LogP contribution >= 0.6 is 0 Å². The number of rotatable bonds is 4. The SMILES string of the molecule is OC1(CNCc2ccc3ncccc3c2)CCC1. The van der Waals surface area contributed by atoms with E-state index >= 15 is 0 Å². The molecule has 0 spiro atoms. The predicted octanol–water partition coefficient (Wildman–Crippen LogP) is 2.24. The van der Waals surface area contributed by atoms with Crippen LogP contribution in [-0.4, -0.2) is 22.2 Å². The van der Waals surface area contributed by atoms with Crippen LogP contribution < -0.4 is 5.32 Å². The predicted molar refractivity (Wildman–Crippen MR) is 72.3 cm³/mol. The summed E-state index contributed by atoms with van der Waals surface area (Å²) in [7, 11) is 0. The van der Waals surface area contributed by atoms with Gasteiger partial charge in [-0.05, 0) is 43.0 Å². The average Bonchev–Trinajstić information content (AvgIpc) is 2.37. The minimum Gasteiger partial charge on any atom is -0.389 e. The maximum atomic E-state index is 9.99. The third-order valence-corrected chi connectivity index (χ3v) is 3.73. The van der Waals surface area contributed by atoms with Crippen molar-refractivity contribution in [1.29, 1.82) is 0 Å². The summed E-state index contributed by atoms with van der Waals surface area (Å²) in [5.41, 5.74) is 1.82. The molecule has 1 aromatic carbocycles. The molecule has 1 aliphatic carbocycles. The Labute approximate surface area is 107 Å².